The molecular formula is C51H41NSi. The molecule has 254 valence electrons. The van der Waals surface area contributed by atoms with Crippen LogP contribution < -0.4 is 15.3 Å². The van der Waals surface area contributed by atoms with E-state index in [4.69, 9.17) is 0 Å². The van der Waals surface area contributed by atoms with Crippen molar-refractivity contribution in [1.82, 2.24) is 0 Å². The second kappa shape index (κ2) is 11.4. The van der Waals surface area contributed by atoms with Crippen LogP contribution in [0.4, 0.5) is 17.1 Å². The maximum absolute atomic E-state index is 2.65. The van der Waals surface area contributed by atoms with Crippen molar-refractivity contribution in [3.8, 4) is 33.4 Å². The maximum Gasteiger partial charge on any atom is 0.123 e. The SMILES string of the molecule is CC1(C)c2ccccc2-c2ccc(-c3c4ccccc4c(N4c5ccccc5[Si]5(CCCC5)c5ccccc54)c4ccc(-c5ccccc5)cc34)cc21. The van der Waals surface area contributed by atoms with Gasteiger partial charge in [0.15, 0.2) is 0 Å². The van der Waals surface area contributed by atoms with Gasteiger partial charge in [0.1, 0.15) is 8.07 Å². The number of rotatable bonds is 3. The summed E-state index contributed by atoms with van der Waals surface area (Å²) in [5.41, 5.74) is 14.6. The molecule has 1 fully saturated rings. The first kappa shape index (κ1) is 30.9. The summed E-state index contributed by atoms with van der Waals surface area (Å²) in [6, 6.07) is 65.1. The largest absolute Gasteiger partial charge is 0.309 e. The molecule has 0 radical (unpaired) electrons. The molecule has 1 spiro atoms. The molecule has 3 aliphatic rings. The number of hydrogen-bond acceptors (Lipinski definition) is 1. The van der Waals surface area contributed by atoms with Crippen LogP contribution in [0.15, 0.2) is 164 Å². The average Bonchev–Trinajstić information content (AvgIpc) is 3.79. The molecule has 8 aromatic carbocycles. The van der Waals surface area contributed by atoms with Gasteiger partial charge in [-0.25, -0.2) is 0 Å². The van der Waals surface area contributed by atoms with E-state index in [9.17, 15) is 0 Å². The summed E-state index contributed by atoms with van der Waals surface area (Å²) in [4.78, 5) is 2.65. The Balaban J connectivity index is 1.25. The fraction of sp³-hybridized carbons (Fsp3) is 0.137. The molecule has 2 aliphatic heterocycles. The second-order valence-electron chi connectivity index (χ2n) is 16.0. The zero-order valence-corrected chi connectivity index (χ0v) is 31.4. The molecule has 0 unspecified atom stereocenters. The van der Waals surface area contributed by atoms with Crippen LogP contribution in [0.5, 0.6) is 0 Å². The van der Waals surface area contributed by atoms with Crippen LogP contribution in [-0.2, 0) is 5.41 Å². The van der Waals surface area contributed by atoms with Crippen LogP contribution in [0.1, 0.15) is 37.8 Å². The maximum atomic E-state index is 2.65. The lowest BCUT2D eigenvalue weighted by Gasteiger charge is -2.43. The molecular weight excluding hydrogens is 655 g/mol. The van der Waals surface area contributed by atoms with Crippen molar-refractivity contribution in [3.63, 3.8) is 0 Å². The van der Waals surface area contributed by atoms with Crippen molar-refractivity contribution in [3.05, 3.63) is 175 Å². The van der Waals surface area contributed by atoms with Gasteiger partial charge >= 0.3 is 0 Å². The zero-order chi connectivity index (χ0) is 35.3. The normalized spacial score (nSPS) is 16.1. The molecule has 0 aromatic heterocycles. The summed E-state index contributed by atoms with van der Waals surface area (Å²) in [5.74, 6) is 0. The van der Waals surface area contributed by atoms with E-state index in [0.717, 1.165) is 0 Å². The van der Waals surface area contributed by atoms with Crippen LogP contribution in [0.3, 0.4) is 0 Å². The van der Waals surface area contributed by atoms with Gasteiger partial charge in [0, 0.05) is 27.6 Å². The predicted molar refractivity (Wildman–Crippen MR) is 228 cm³/mol. The van der Waals surface area contributed by atoms with Gasteiger partial charge in [0.05, 0.1) is 5.69 Å². The van der Waals surface area contributed by atoms with Gasteiger partial charge in [-0.15, -0.1) is 0 Å². The third-order valence-electron chi connectivity index (χ3n) is 13.0. The Bertz CT molecular complexity index is 2720. The van der Waals surface area contributed by atoms with Crippen molar-refractivity contribution in [2.45, 2.75) is 44.2 Å². The van der Waals surface area contributed by atoms with Crippen molar-refractivity contribution in [2.24, 2.45) is 0 Å². The minimum Gasteiger partial charge on any atom is -0.309 e. The van der Waals surface area contributed by atoms with E-state index in [-0.39, 0.29) is 5.41 Å². The number of benzene rings is 8. The van der Waals surface area contributed by atoms with Gasteiger partial charge in [-0.1, -0.05) is 166 Å². The lowest BCUT2D eigenvalue weighted by Crippen LogP contribution is -2.60. The number of para-hydroxylation sites is 2. The molecule has 8 aromatic rings. The summed E-state index contributed by atoms with van der Waals surface area (Å²) in [6.07, 6.45) is 2.67. The molecule has 0 atom stereocenters. The predicted octanol–water partition coefficient (Wildman–Crippen LogP) is 12.8. The summed E-state index contributed by atoms with van der Waals surface area (Å²) in [6.45, 7) is 4.78. The average molecular weight is 696 g/mol. The van der Waals surface area contributed by atoms with Crippen LogP contribution >= 0.6 is 0 Å². The molecule has 0 amide bonds. The first-order chi connectivity index (χ1) is 26.0. The molecule has 2 heteroatoms. The highest BCUT2D eigenvalue weighted by molar-refractivity contribution is 7.05. The highest BCUT2D eigenvalue weighted by atomic mass is 28.3. The zero-order valence-electron chi connectivity index (χ0n) is 30.4. The summed E-state index contributed by atoms with van der Waals surface area (Å²) < 4.78 is 0. The van der Waals surface area contributed by atoms with Crippen LogP contribution in [-0.4, -0.2) is 8.07 Å². The summed E-state index contributed by atoms with van der Waals surface area (Å²) in [7, 11) is -1.88. The first-order valence-corrected chi connectivity index (χ1v) is 21.7. The minimum atomic E-state index is -1.88. The molecule has 0 bridgehead atoms. The molecule has 1 saturated heterocycles. The molecule has 53 heavy (non-hydrogen) atoms. The van der Waals surface area contributed by atoms with Gasteiger partial charge in [0.25, 0.3) is 0 Å². The van der Waals surface area contributed by atoms with Crippen molar-refractivity contribution < 1.29 is 0 Å². The summed E-state index contributed by atoms with van der Waals surface area (Å²) in [5, 5.41) is 8.38. The number of hydrogen-bond donors (Lipinski definition) is 0. The van der Waals surface area contributed by atoms with E-state index >= 15 is 0 Å². The van der Waals surface area contributed by atoms with E-state index in [1.54, 1.807) is 10.4 Å². The van der Waals surface area contributed by atoms with E-state index < -0.39 is 8.07 Å². The van der Waals surface area contributed by atoms with E-state index in [0.29, 0.717) is 0 Å². The summed E-state index contributed by atoms with van der Waals surface area (Å²) >= 11 is 0. The minimum absolute atomic E-state index is 0.0794. The highest BCUT2D eigenvalue weighted by Crippen LogP contribution is 2.53. The van der Waals surface area contributed by atoms with Gasteiger partial charge in [-0.2, -0.15) is 0 Å². The Morgan fingerprint density at radius 3 is 1.79 bits per heavy atom. The second-order valence-corrected chi connectivity index (χ2v) is 20.2. The van der Waals surface area contributed by atoms with E-state index in [1.165, 1.54) is 108 Å². The number of fused-ring (bicyclic) bond motifs is 9. The van der Waals surface area contributed by atoms with Gasteiger partial charge < -0.3 is 4.90 Å². The third-order valence-corrected chi connectivity index (χ3v) is 18.3. The smallest absolute Gasteiger partial charge is 0.123 e. The Labute approximate surface area is 313 Å². The molecule has 0 saturated carbocycles. The van der Waals surface area contributed by atoms with Crippen molar-refractivity contribution in [2.75, 3.05) is 4.90 Å². The van der Waals surface area contributed by atoms with Crippen LogP contribution in [0, 0.1) is 0 Å². The van der Waals surface area contributed by atoms with Crippen molar-refractivity contribution >= 4 is 57.1 Å². The van der Waals surface area contributed by atoms with Gasteiger partial charge in [0.2, 0.25) is 0 Å². The van der Waals surface area contributed by atoms with Crippen LogP contribution in [0.25, 0.3) is 54.9 Å². The van der Waals surface area contributed by atoms with Gasteiger partial charge in [-0.3, -0.25) is 0 Å². The molecule has 1 nitrogen and oxygen atoms in total. The molecule has 11 rings (SSSR count). The number of nitrogens with zero attached hydrogens (tertiary/aromatic N) is 1. The number of anilines is 3. The Kier molecular flexibility index (Phi) is 6.64. The van der Waals surface area contributed by atoms with Crippen LogP contribution in [0.2, 0.25) is 12.1 Å². The fourth-order valence-electron chi connectivity index (χ4n) is 10.6. The van der Waals surface area contributed by atoms with Crippen molar-refractivity contribution in [1.29, 1.82) is 0 Å². The van der Waals surface area contributed by atoms with E-state index in [1.807, 2.05) is 0 Å². The Hall–Kier alpha value is -5.70. The van der Waals surface area contributed by atoms with Gasteiger partial charge in [-0.05, 0) is 102 Å². The molecule has 0 N–H and O–H groups in total. The fourth-order valence-corrected chi connectivity index (χ4v) is 16.1. The lowest BCUT2D eigenvalue weighted by atomic mass is 9.80. The Morgan fingerprint density at radius 2 is 1.04 bits per heavy atom. The molecule has 2 heterocycles. The highest BCUT2D eigenvalue weighted by Gasteiger charge is 2.47. The monoisotopic (exact) mass is 695 g/mol. The quantitative estimate of drug-likeness (QED) is 0.131. The molecule has 1 aliphatic carbocycles. The third kappa shape index (κ3) is 4.30. The van der Waals surface area contributed by atoms with E-state index in [2.05, 4.69) is 183 Å². The lowest BCUT2D eigenvalue weighted by molar-refractivity contribution is 0.660. The first-order valence-electron chi connectivity index (χ1n) is 19.3. The standard InChI is InChI=1S/C51H41NSi/c1-51(2)43-21-9-8-18-37(43)38-28-27-36(33-44(38)51)49-39-19-6-7-20-40(39)50(41-29-26-35(32-42(41)49)34-16-4-3-5-17-34)52-45-22-10-12-24-47(45)53(30-14-15-31-53)48-25-13-11-23-46(48)52/h3-13,16-29,32-33H,14-15,30-31H2,1-2H3. The topological polar surface area (TPSA) is 3.24 Å². The Morgan fingerprint density at radius 1 is 0.453 bits per heavy atom.